The summed E-state index contributed by atoms with van der Waals surface area (Å²) in [5.74, 6) is 1.70. The molecule has 17 heavy (non-hydrogen) atoms. The third-order valence-electron chi connectivity index (χ3n) is 3.83. The Morgan fingerprint density at radius 3 is 2.76 bits per heavy atom. The van der Waals surface area contributed by atoms with Crippen molar-refractivity contribution >= 4 is 0 Å². The molecule has 0 bridgehead atoms. The topological polar surface area (TPSA) is 35.2 Å². The van der Waals surface area contributed by atoms with Gasteiger partial charge in [-0.1, -0.05) is 31.5 Å². The van der Waals surface area contributed by atoms with E-state index in [1.165, 1.54) is 32.1 Å². The van der Waals surface area contributed by atoms with Gasteiger partial charge in [-0.2, -0.15) is 0 Å². The second kappa shape index (κ2) is 6.06. The first-order chi connectivity index (χ1) is 8.35. The molecule has 1 aliphatic carbocycles. The quantitative estimate of drug-likeness (QED) is 0.864. The number of benzene rings is 1. The van der Waals surface area contributed by atoms with Gasteiger partial charge in [0.05, 0.1) is 0 Å². The Morgan fingerprint density at radius 2 is 2.00 bits per heavy atom. The van der Waals surface area contributed by atoms with E-state index in [-0.39, 0.29) is 0 Å². The molecule has 0 amide bonds. The number of para-hydroxylation sites is 1. The van der Waals surface area contributed by atoms with Gasteiger partial charge in [-0.25, -0.2) is 0 Å². The predicted molar refractivity (Wildman–Crippen MR) is 71.0 cm³/mol. The summed E-state index contributed by atoms with van der Waals surface area (Å²) >= 11 is 0. The van der Waals surface area contributed by atoms with Gasteiger partial charge in [-0.05, 0) is 37.7 Å². The zero-order valence-corrected chi connectivity index (χ0v) is 10.7. The van der Waals surface area contributed by atoms with E-state index in [4.69, 9.17) is 10.5 Å². The first kappa shape index (κ1) is 12.4. The predicted octanol–water partition coefficient (Wildman–Crippen LogP) is 3.49. The lowest BCUT2D eigenvalue weighted by molar-refractivity contribution is 0.0894. The third-order valence-corrected chi connectivity index (χ3v) is 3.83. The molecule has 0 saturated heterocycles. The van der Waals surface area contributed by atoms with Crippen molar-refractivity contribution in [3.63, 3.8) is 0 Å². The highest BCUT2D eigenvalue weighted by atomic mass is 16.5. The molecule has 1 fully saturated rings. The highest BCUT2D eigenvalue weighted by molar-refractivity contribution is 5.33. The van der Waals surface area contributed by atoms with E-state index >= 15 is 0 Å². The zero-order chi connectivity index (χ0) is 12.1. The van der Waals surface area contributed by atoms with E-state index in [1.807, 2.05) is 18.2 Å². The van der Waals surface area contributed by atoms with Crippen molar-refractivity contribution in [3.05, 3.63) is 29.8 Å². The summed E-state index contributed by atoms with van der Waals surface area (Å²) < 4.78 is 6.20. The van der Waals surface area contributed by atoms with Crippen molar-refractivity contribution in [2.75, 3.05) is 0 Å². The summed E-state index contributed by atoms with van der Waals surface area (Å²) in [4.78, 5) is 0. The van der Waals surface area contributed by atoms with Crippen molar-refractivity contribution in [2.24, 2.45) is 11.7 Å². The Balaban J connectivity index is 2.08. The molecule has 94 valence electrons. The normalized spacial score (nSPS) is 24.6. The Bertz CT molecular complexity index is 351. The van der Waals surface area contributed by atoms with Crippen LogP contribution in [0.4, 0.5) is 0 Å². The fourth-order valence-electron chi connectivity index (χ4n) is 2.75. The van der Waals surface area contributed by atoms with Gasteiger partial charge in [0.1, 0.15) is 11.9 Å². The SMILES string of the molecule is CCC1CCCCC1Oc1ccccc1CN. The molecule has 1 aromatic carbocycles. The second-order valence-corrected chi connectivity index (χ2v) is 4.92. The lowest BCUT2D eigenvalue weighted by atomic mass is 9.84. The number of hydrogen-bond donors (Lipinski definition) is 1. The molecule has 1 aromatic rings. The summed E-state index contributed by atoms with van der Waals surface area (Å²) in [6.45, 7) is 2.82. The average molecular weight is 233 g/mol. The molecule has 2 unspecified atom stereocenters. The summed E-state index contributed by atoms with van der Waals surface area (Å²) in [6, 6.07) is 8.15. The smallest absolute Gasteiger partial charge is 0.124 e. The van der Waals surface area contributed by atoms with E-state index in [2.05, 4.69) is 13.0 Å². The van der Waals surface area contributed by atoms with Gasteiger partial charge in [-0.3, -0.25) is 0 Å². The third kappa shape index (κ3) is 3.01. The van der Waals surface area contributed by atoms with Crippen LogP contribution in [0.25, 0.3) is 0 Å². The molecule has 2 heteroatoms. The number of rotatable bonds is 4. The first-order valence-corrected chi connectivity index (χ1v) is 6.79. The van der Waals surface area contributed by atoms with Crippen LogP contribution in [-0.2, 0) is 6.54 Å². The first-order valence-electron chi connectivity index (χ1n) is 6.79. The highest BCUT2D eigenvalue weighted by Gasteiger charge is 2.25. The number of ether oxygens (including phenoxy) is 1. The average Bonchev–Trinajstić information content (AvgIpc) is 2.40. The molecule has 2 rings (SSSR count). The largest absolute Gasteiger partial charge is 0.490 e. The van der Waals surface area contributed by atoms with E-state index < -0.39 is 0 Å². The van der Waals surface area contributed by atoms with Crippen LogP contribution in [0.15, 0.2) is 24.3 Å². The van der Waals surface area contributed by atoms with Gasteiger partial charge < -0.3 is 10.5 Å². The molecule has 0 aliphatic heterocycles. The standard InChI is InChI=1S/C15H23NO/c1-2-12-7-3-5-9-14(12)17-15-10-6-4-8-13(15)11-16/h4,6,8,10,12,14H,2-3,5,7,9,11,16H2,1H3. The molecular weight excluding hydrogens is 210 g/mol. The molecule has 0 radical (unpaired) electrons. The van der Waals surface area contributed by atoms with Crippen molar-refractivity contribution in [2.45, 2.75) is 51.7 Å². The van der Waals surface area contributed by atoms with Gasteiger partial charge in [0.2, 0.25) is 0 Å². The van der Waals surface area contributed by atoms with E-state index in [0.717, 1.165) is 17.2 Å². The fraction of sp³-hybridized carbons (Fsp3) is 0.600. The molecule has 1 aliphatic rings. The van der Waals surface area contributed by atoms with Crippen molar-refractivity contribution < 1.29 is 4.74 Å². The van der Waals surface area contributed by atoms with E-state index in [0.29, 0.717) is 12.6 Å². The van der Waals surface area contributed by atoms with Gasteiger partial charge in [0.15, 0.2) is 0 Å². The lowest BCUT2D eigenvalue weighted by Gasteiger charge is -2.31. The molecule has 1 saturated carbocycles. The molecule has 2 N–H and O–H groups in total. The molecule has 0 heterocycles. The van der Waals surface area contributed by atoms with Crippen LogP contribution in [0.2, 0.25) is 0 Å². The summed E-state index contributed by atoms with van der Waals surface area (Å²) in [5.41, 5.74) is 6.86. The van der Waals surface area contributed by atoms with Crippen LogP contribution >= 0.6 is 0 Å². The van der Waals surface area contributed by atoms with E-state index in [9.17, 15) is 0 Å². The van der Waals surface area contributed by atoms with Crippen molar-refractivity contribution in [1.29, 1.82) is 0 Å². The van der Waals surface area contributed by atoms with Crippen LogP contribution in [0.3, 0.4) is 0 Å². The van der Waals surface area contributed by atoms with Crippen molar-refractivity contribution in [3.8, 4) is 5.75 Å². The minimum atomic E-state index is 0.390. The van der Waals surface area contributed by atoms with Crippen LogP contribution in [0.5, 0.6) is 5.75 Å². The Hall–Kier alpha value is -1.02. The second-order valence-electron chi connectivity index (χ2n) is 4.92. The van der Waals surface area contributed by atoms with Gasteiger partial charge in [0, 0.05) is 12.1 Å². The maximum absolute atomic E-state index is 6.20. The van der Waals surface area contributed by atoms with Crippen molar-refractivity contribution in [1.82, 2.24) is 0 Å². The minimum Gasteiger partial charge on any atom is -0.490 e. The zero-order valence-electron chi connectivity index (χ0n) is 10.7. The maximum atomic E-state index is 6.20. The van der Waals surface area contributed by atoms with Crippen LogP contribution in [0.1, 0.15) is 44.6 Å². The monoisotopic (exact) mass is 233 g/mol. The highest BCUT2D eigenvalue weighted by Crippen LogP contribution is 2.31. The molecule has 2 atom stereocenters. The molecule has 0 aromatic heterocycles. The fourth-order valence-corrected chi connectivity index (χ4v) is 2.75. The lowest BCUT2D eigenvalue weighted by Crippen LogP contribution is -2.30. The van der Waals surface area contributed by atoms with Crippen LogP contribution in [0, 0.1) is 5.92 Å². The van der Waals surface area contributed by atoms with Gasteiger partial charge in [0.25, 0.3) is 0 Å². The van der Waals surface area contributed by atoms with E-state index in [1.54, 1.807) is 0 Å². The summed E-state index contributed by atoms with van der Waals surface area (Å²) in [6.07, 6.45) is 6.77. The molecule has 2 nitrogen and oxygen atoms in total. The van der Waals surface area contributed by atoms with Crippen LogP contribution < -0.4 is 10.5 Å². The summed E-state index contributed by atoms with van der Waals surface area (Å²) in [5, 5.41) is 0. The van der Waals surface area contributed by atoms with Gasteiger partial charge >= 0.3 is 0 Å². The Morgan fingerprint density at radius 1 is 1.24 bits per heavy atom. The minimum absolute atomic E-state index is 0.390. The Kier molecular flexibility index (Phi) is 4.43. The Labute approximate surface area is 104 Å². The van der Waals surface area contributed by atoms with Gasteiger partial charge in [-0.15, -0.1) is 0 Å². The summed E-state index contributed by atoms with van der Waals surface area (Å²) in [7, 11) is 0. The maximum Gasteiger partial charge on any atom is 0.124 e. The number of nitrogens with two attached hydrogens (primary N) is 1. The number of hydrogen-bond acceptors (Lipinski definition) is 2. The van der Waals surface area contributed by atoms with Crippen LogP contribution in [-0.4, -0.2) is 6.10 Å². The molecule has 0 spiro atoms. The molecular formula is C15H23NO.